The van der Waals surface area contributed by atoms with Gasteiger partial charge in [-0.25, -0.2) is 4.98 Å². The number of aromatic nitrogens is 3. The summed E-state index contributed by atoms with van der Waals surface area (Å²) in [5.74, 6) is 0.877. The first-order chi connectivity index (χ1) is 8.20. The molecule has 0 fully saturated rings. The minimum absolute atomic E-state index is 0.190. The molecular formula is C11H13ClN4O. The molecule has 0 aliphatic rings. The van der Waals surface area contributed by atoms with Crippen LogP contribution in [0, 0.1) is 0 Å². The van der Waals surface area contributed by atoms with Crippen molar-refractivity contribution in [2.24, 2.45) is 5.73 Å². The van der Waals surface area contributed by atoms with E-state index in [-0.39, 0.29) is 6.04 Å². The van der Waals surface area contributed by atoms with Crippen LogP contribution in [0.4, 0.5) is 0 Å². The molecule has 2 aromatic heterocycles. The number of hydrogen-bond acceptors (Lipinski definition) is 5. The van der Waals surface area contributed by atoms with E-state index in [1.54, 1.807) is 12.1 Å². The maximum absolute atomic E-state index is 5.89. The van der Waals surface area contributed by atoms with Crippen LogP contribution in [0.5, 0.6) is 0 Å². The smallest absolute Gasteiger partial charge is 0.276 e. The van der Waals surface area contributed by atoms with E-state index in [4.69, 9.17) is 21.9 Å². The highest BCUT2D eigenvalue weighted by Gasteiger charge is 2.15. The Morgan fingerprint density at radius 3 is 2.94 bits per heavy atom. The van der Waals surface area contributed by atoms with E-state index in [2.05, 4.69) is 22.0 Å². The van der Waals surface area contributed by atoms with Crippen LogP contribution in [0.1, 0.15) is 31.6 Å². The van der Waals surface area contributed by atoms with E-state index in [1.807, 2.05) is 0 Å². The second-order valence-electron chi connectivity index (χ2n) is 3.71. The first-order valence-electron chi connectivity index (χ1n) is 5.42. The lowest BCUT2D eigenvalue weighted by molar-refractivity contribution is 0.412. The summed E-state index contributed by atoms with van der Waals surface area (Å²) < 4.78 is 5.11. The third kappa shape index (κ3) is 2.81. The molecule has 1 unspecified atom stereocenters. The quantitative estimate of drug-likeness (QED) is 0.905. The molecule has 0 saturated carbocycles. The van der Waals surface area contributed by atoms with E-state index < -0.39 is 0 Å². The maximum Gasteiger partial charge on any atom is 0.276 e. The molecule has 17 heavy (non-hydrogen) atoms. The van der Waals surface area contributed by atoms with Gasteiger partial charge in [0.1, 0.15) is 5.69 Å². The van der Waals surface area contributed by atoms with Gasteiger partial charge in [0, 0.05) is 6.20 Å². The van der Waals surface area contributed by atoms with Crippen LogP contribution in [0.15, 0.2) is 22.9 Å². The summed E-state index contributed by atoms with van der Waals surface area (Å²) in [7, 11) is 0. The zero-order valence-corrected chi connectivity index (χ0v) is 10.2. The van der Waals surface area contributed by atoms with Gasteiger partial charge in [0.25, 0.3) is 5.89 Å². The molecule has 0 aliphatic carbocycles. The molecule has 0 aliphatic heterocycles. The summed E-state index contributed by atoms with van der Waals surface area (Å²) in [5.41, 5.74) is 6.49. The van der Waals surface area contributed by atoms with Gasteiger partial charge in [-0.2, -0.15) is 4.98 Å². The number of hydrogen-bond donors (Lipinski definition) is 1. The van der Waals surface area contributed by atoms with Crippen molar-refractivity contribution < 1.29 is 4.52 Å². The average molecular weight is 253 g/mol. The molecular weight excluding hydrogens is 240 g/mol. The van der Waals surface area contributed by atoms with Gasteiger partial charge in [0.15, 0.2) is 5.82 Å². The zero-order chi connectivity index (χ0) is 12.3. The van der Waals surface area contributed by atoms with Crippen molar-refractivity contribution in [3.05, 3.63) is 29.2 Å². The van der Waals surface area contributed by atoms with Crippen LogP contribution in [-0.4, -0.2) is 15.1 Å². The molecule has 5 nitrogen and oxygen atoms in total. The number of rotatable bonds is 4. The summed E-state index contributed by atoms with van der Waals surface area (Å²) in [5, 5.41) is 4.42. The minimum Gasteiger partial charge on any atom is -0.332 e. The third-order valence-corrected chi connectivity index (χ3v) is 2.54. The fraction of sp³-hybridized carbons (Fsp3) is 0.364. The topological polar surface area (TPSA) is 77.8 Å². The van der Waals surface area contributed by atoms with Crippen LogP contribution in [-0.2, 0) is 0 Å². The lowest BCUT2D eigenvalue weighted by Crippen LogP contribution is -2.11. The lowest BCUT2D eigenvalue weighted by Gasteiger charge is -2.02. The van der Waals surface area contributed by atoms with E-state index in [9.17, 15) is 0 Å². The van der Waals surface area contributed by atoms with Crippen molar-refractivity contribution >= 4 is 11.6 Å². The largest absolute Gasteiger partial charge is 0.332 e. The van der Waals surface area contributed by atoms with Gasteiger partial charge in [-0.1, -0.05) is 30.1 Å². The van der Waals surface area contributed by atoms with Crippen LogP contribution in [0.3, 0.4) is 0 Å². The molecule has 6 heteroatoms. The van der Waals surface area contributed by atoms with Gasteiger partial charge >= 0.3 is 0 Å². The van der Waals surface area contributed by atoms with Crippen molar-refractivity contribution in [1.82, 2.24) is 15.1 Å². The minimum atomic E-state index is -0.190. The SMILES string of the molecule is CCCC(N)c1noc(-c2ccc(Cl)cn2)n1. The summed E-state index contributed by atoms with van der Waals surface area (Å²) in [6.45, 7) is 2.06. The molecule has 0 aromatic carbocycles. The first-order valence-corrected chi connectivity index (χ1v) is 5.79. The zero-order valence-electron chi connectivity index (χ0n) is 9.43. The van der Waals surface area contributed by atoms with Crippen LogP contribution in [0.25, 0.3) is 11.6 Å². The molecule has 90 valence electrons. The van der Waals surface area contributed by atoms with Crippen molar-refractivity contribution in [3.63, 3.8) is 0 Å². The molecule has 0 spiro atoms. The predicted molar refractivity (Wildman–Crippen MR) is 64.4 cm³/mol. The van der Waals surface area contributed by atoms with Gasteiger partial charge in [0.05, 0.1) is 11.1 Å². The molecule has 0 saturated heterocycles. The van der Waals surface area contributed by atoms with Gasteiger partial charge < -0.3 is 10.3 Å². The Morgan fingerprint density at radius 1 is 1.47 bits per heavy atom. The standard InChI is InChI=1S/C11H13ClN4O/c1-2-3-8(13)10-15-11(17-16-10)9-5-4-7(12)6-14-9/h4-6,8H,2-3,13H2,1H3. The van der Waals surface area contributed by atoms with Crippen molar-refractivity contribution in [3.8, 4) is 11.6 Å². The van der Waals surface area contributed by atoms with E-state index in [0.717, 1.165) is 12.8 Å². The number of pyridine rings is 1. The molecule has 0 amide bonds. The highest BCUT2D eigenvalue weighted by atomic mass is 35.5. The fourth-order valence-corrected chi connectivity index (χ4v) is 1.54. The average Bonchev–Trinajstić information content (AvgIpc) is 2.80. The first kappa shape index (κ1) is 12.0. The highest BCUT2D eigenvalue weighted by molar-refractivity contribution is 6.30. The Balaban J connectivity index is 2.20. The summed E-state index contributed by atoms with van der Waals surface area (Å²) in [6, 6.07) is 3.26. The molecule has 1 atom stereocenters. The van der Waals surface area contributed by atoms with Crippen LogP contribution >= 0.6 is 11.6 Å². The lowest BCUT2D eigenvalue weighted by atomic mass is 10.2. The van der Waals surface area contributed by atoms with Crippen molar-refractivity contribution in [2.75, 3.05) is 0 Å². The molecule has 2 rings (SSSR count). The molecule has 2 heterocycles. The molecule has 2 aromatic rings. The Hall–Kier alpha value is -1.46. The molecule has 0 bridgehead atoms. The summed E-state index contributed by atoms with van der Waals surface area (Å²) >= 11 is 5.75. The molecule has 2 N–H and O–H groups in total. The summed E-state index contributed by atoms with van der Waals surface area (Å²) in [4.78, 5) is 8.32. The number of nitrogens with two attached hydrogens (primary N) is 1. The van der Waals surface area contributed by atoms with E-state index in [1.165, 1.54) is 6.20 Å². The molecule has 0 radical (unpaired) electrons. The second kappa shape index (κ2) is 5.25. The Morgan fingerprint density at radius 2 is 2.29 bits per heavy atom. The second-order valence-corrected chi connectivity index (χ2v) is 4.15. The Kier molecular flexibility index (Phi) is 3.71. The van der Waals surface area contributed by atoms with E-state index in [0.29, 0.717) is 22.4 Å². The third-order valence-electron chi connectivity index (χ3n) is 2.32. The fourth-order valence-electron chi connectivity index (χ4n) is 1.43. The maximum atomic E-state index is 5.89. The number of nitrogens with zero attached hydrogens (tertiary/aromatic N) is 3. The monoisotopic (exact) mass is 252 g/mol. The number of halogens is 1. The predicted octanol–water partition coefficient (Wildman–Crippen LogP) is 2.58. The van der Waals surface area contributed by atoms with Gasteiger partial charge in [-0.05, 0) is 18.6 Å². The van der Waals surface area contributed by atoms with Crippen LogP contribution in [0.2, 0.25) is 5.02 Å². The van der Waals surface area contributed by atoms with Crippen molar-refractivity contribution in [2.45, 2.75) is 25.8 Å². The normalized spacial score (nSPS) is 12.6. The van der Waals surface area contributed by atoms with Crippen molar-refractivity contribution in [1.29, 1.82) is 0 Å². The van der Waals surface area contributed by atoms with Gasteiger partial charge in [-0.3, -0.25) is 0 Å². The highest BCUT2D eigenvalue weighted by Crippen LogP contribution is 2.19. The van der Waals surface area contributed by atoms with Gasteiger partial charge in [0.2, 0.25) is 0 Å². The van der Waals surface area contributed by atoms with Gasteiger partial charge in [-0.15, -0.1) is 0 Å². The Labute approximate surface area is 104 Å². The van der Waals surface area contributed by atoms with Crippen LogP contribution < -0.4 is 5.73 Å². The van der Waals surface area contributed by atoms with E-state index >= 15 is 0 Å². The summed E-state index contributed by atoms with van der Waals surface area (Å²) in [6.07, 6.45) is 3.34. The Bertz CT molecular complexity index is 482.